The van der Waals surface area contributed by atoms with Crippen molar-refractivity contribution >= 4 is 34.6 Å². The van der Waals surface area contributed by atoms with E-state index in [1.54, 1.807) is 7.11 Å². The molecule has 4 rings (SSSR count). The minimum absolute atomic E-state index is 0.0943. The highest BCUT2D eigenvalue weighted by molar-refractivity contribution is 6.35. The second-order valence-electron chi connectivity index (χ2n) is 6.38. The number of carbonyl (C=O) groups excluding carboxylic acids is 1. The monoisotopic (exact) mass is 414 g/mol. The third kappa shape index (κ3) is 3.81. The van der Waals surface area contributed by atoms with Crippen molar-refractivity contribution in [1.82, 2.24) is 15.0 Å². The van der Waals surface area contributed by atoms with Gasteiger partial charge in [-0.2, -0.15) is 0 Å². The highest BCUT2D eigenvalue weighted by Gasteiger charge is 2.21. The number of rotatable bonds is 4. The SMILES string of the molecule is COC(=O)c1cc(Cl)c2nc(N3CCOCC3)nc(-c3cccc(OC)c3)c2n1. The average molecular weight is 415 g/mol. The first-order valence-corrected chi connectivity index (χ1v) is 9.42. The van der Waals surface area contributed by atoms with E-state index in [0.717, 1.165) is 5.56 Å². The lowest BCUT2D eigenvalue weighted by atomic mass is 10.1. The molecular formula is C20H19ClN4O4. The van der Waals surface area contributed by atoms with Crippen LogP contribution in [-0.4, -0.2) is 61.4 Å². The van der Waals surface area contributed by atoms with Crippen LogP contribution in [0, 0.1) is 0 Å². The standard InChI is InChI=1S/C20H19ClN4O4/c1-27-13-5-3-4-12(10-13)16-18-17(14(21)11-15(22-18)19(26)28-2)24-20(23-16)25-6-8-29-9-7-25/h3-5,10-11H,6-9H2,1-2H3. The van der Waals surface area contributed by atoms with Crippen LogP contribution in [0.15, 0.2) is 30.3 Å². The molecule has 9 heteroatoms. The summed E-state index contributed by atoms with van der Waals surface area (Å²) in [7, 11) is 2.89. The van der Waals surface area contributed by atoms with Gasteiger partial charge in [-0.05, 0) is 18.2 Å². The minimum Gasteiger partial charge on any atom is -0.497 e. The minimum atomic E-state index is -0.581. The molecule has 0 amide bonds. The maximum Gasteiger partial charge on any atom is 0.356 e. The molecule has 2 aromatic heterocycles. The number of esters is 1. The number of hydrogen-bond acceptors (Lipinski definition) is 8. The van der Waals surface area contributed by atoms with Gasteiger partial charge in [-0.25, -0.2) is 19.7 Å². The molecule has 0 aliphatic carbocycles. The number of halogens is 1. The lowest BCUT2D eigenvalue weighted by Gasteiger charge is -2.27. The normalized spacial score (nSPS) is 14.1. The number of methoxy groups -OCH3 is 2. The summed E-state index contributed by atoms with van der Waals surface area (Å²) in [5.74, 6) is 0.633. The first-order chi connectivity index (χ1) is 14.1. The van der Waals surface area contributed by atoms with Crippen LogP contribution < -0.4 is 9.64 Å². The molecule has 0 saturated carbocycles. The van der Waals surface area contributed by atoms with Crippen molar-refractivity contribution in [3.63, 3.8) is 0 Å². The summed E-state index contributed by atoms with van der Waals surface area (Å²) in [6, 6.07) is 8.92. The summed E-state index contributed by atoms with van der Waals surface area (Å²) in [6.07, 6.45) is 0. The Bertz CT molecular complexity index is 1070. The zero-order chi connectivity index (χ0) is 20.4. The first-order valence-electron chi connectivity index (χ1n) is 9.04. The summed E-state index contributed by atoms with van der Waals surface area (Å²) in [5, 5.41) is 0.302. The van der Waals surface area contributed by atoms with Crippen LogP contribution in [0.4, 0.5) is 5.95 Å². The molecule has 3 aromatic rings. The predicted octanol–water partition coefficient (Wildman–Crippen LogP) is 2.98. The molecule has 1 aliphatic rings. The largest absolute Gasteiger partial charge is 0.497 e. The number of nitrogens with zero attached hydrogens (tertiary/aromatic N) is 4. The van der Waals surface area contributed by atoms with Crippen molar-refractivity contribution in [2.75, 3.05) is 45.4 Å². The fourth-order valence-corrected chi connectivity index (χ4v) is 3.38. The third-order valence-electron chi connectivity index (χ3n) is 4.63. The lowest BCUT2D eigenvalue weighted by molar-refractivity contribution is 0.0594. The summed E-state index contributed by atoms with van der Waals surface area (Å²) >= 11 is 6.49. The summed E-state index contributed by atoms with van der Waals surface area (Å²) in [6.45, 7) is 2.55. The summed E-state index contributed by atoms with van der Waals surface area (Å²) in [4.78, 5) is 27.9. The molecule has 0 radical (unpaired) electrons. The highest BCUT2D eigenvalue weighted by atomic mass is 35.5. The molecule has 150 valence electrons. The number of hydrogen-bond donors (Lipinski definition) is 0. The Morgan fingerprint density at radius 2 is 1.90 bits per heavy atom. The number of morpholine rings is 1. The van der Waals surface area contributed by atoms with E-state index in [-0.39, 0.29) is 5.69 Å². The zero-order valence-electron chi connectivity index (χ0n) is 16.0. The van der Waals surface area contributed by atoms with Gasteiger partial charge in [-0.3, -0.25) is 0 Å². The van der Waals surface area contributed by atoms with Gasteiger partial charge in [-0.15, -0.1) is 0 Å². The van der Waals surface area contributed by atoms with E-state index in [2.05, 4.69) is 9.97 Å². The lowest BCUT2D eigenvalue weighted by Crippen LogP contribution is -2.37. The van der Waals surface area contributed by atoms with Gasteiger partial charge in [0.05, 0.1) is 32.5 Å². The fraction of sp³-hybridized carbons (Fsp3) is 0.300. The molecule has 1 aromatic carbocycles. The van der Waals surface area contributed by atoms with E-state index < -0.39 is 5.97 Å². The topological polar surface area (TPSA) is 86.7 Å². The fourth-order valence-electron chi connectivity index (χ4n) is 3.14. The molecule has 29 heavy (non-hydrogen) atoms. The summed E-state index contributed by atoms with van der Waals surface area (Å²) in [5.41, 5.74) is 2.31. The Hall–Kier alpha value is -2.97. The molecule has 0 atom stereocenters. The van der Waals surface area contributed by atoms with Gasteiger partial charge < -0.3 is 19.1 Å². The molecule has 3 heterocycles. The maximum atomic E-state index is 12.0. The Kier molecular flexibility index (Phi) is 5.46. The Balaban J connectivity index is 1.97. The van der Waals surface area contributed by atoms with Crippen molar-refractivity contribution < 1.29 is 19.0 Å². The van der Waals surface area contributed by atoms with Crippen molar-refractivity contribution in [3.8, 4) is 17.0 Å². The van der Waals surface area contributed by atoms with Crippen molar-refractivity contribution in [3.05, 3.63) is 41.0 Å². The first kappa shape index (κ1) is 19.4. The second kappa shape index (κ2) is 8.18. The smallest absolute Gasteiger partial charge is 0.356 e. The van der Waals surface area contributed by atoms with Gasteiger partial charge in [-0.1, -0.05) is 23.7 Å². The van der Waals surface area contributed by atoms with E-state index >= 15 is 0 Å². The van der Waals surface area contributed by atoms with Crippen LogP contribution in [0.3, 0.4) is 0 Å². The number of fused-ring (bicyclic) bond motifs is 1. The van der Waals surface area contributed by atoms with Gasteiger partial charge >= 0.3 is 5.97 Å². The number of anilines is 1. The van der Waals surface area contributed by atoms with Crippen LogP contribution >= 0.6 is 11.6 Å². The molecule has 8 nitrogen and oxygen atoms in total. The number of pyridine rings is 1. The van der Waals surface area contributed by atoms with Crippen LogP contribution in [0.25, 0.3) is 22.3 Å². The van der Waals surface area contributed by atoms with Crippen LogP contribution in [0.5, 0.6) is 5.75 Å². The maximum absolute atomic E-state index is 12.0. The van der Waals surface area contributed by atoms with E-state index in [4.69, 9.17) is 30.8 Å². The van der Waals surface area contributed by atoms with Gasteiger partial charge in [0, 0.05) is 18.7 Å². The third-order valence-corrected chi connectivity index (χ3v) is 4.91. The van der Waals surface area contributed by atoms with E-state index in [9.17, 15) is 4.79 Å². The molecular weight excluding hydrogens is 396 g/mol. The Morgan fingerprint density at radius 3 is 2.62 bits per heavy atom. The molecule has 0 N–H and O–H groups in total. The summed E-state index contributed by atoms with van der Waals surface area (Å²) < 4.78 is 15.6. The van der Waals surface area contributed by atoms with Crippen molar-refractivity contribution in [1.29, 1.82) is 0 Å². The number of ether oxygens (including phenoxy) is 3. The molecule has 1 fully saturated rings. The number of aromatic nitrogens is 3. The quantitative estimate of drug-likeness (QED) is 0.602. The molecule has 0 bridgehead atoms. The Labute approximate surface area is 172 Å². The van der Waals surface area contributed by atoms with Gasteiger partial charge in [0.25, 0.3) is 0 Å². The van der Waals surface area contributed by atoms with Crippen LogP contribution in [0.1, 0.15) is 10.5 Å². The molecule has 1 saturated heterocycles. The number of benzene rings is 1. The average Bonchev–Trinajstić information content (AvgIpc) is 2.78. The van der Waals surface area contributed by atoms with E-state index in [1.807, 2.05) is 29.2 Å². The van der Waals surface area contributed by atoms with Gasteiger partial charge in [0.1, 0.15) is 22.5 Å². The zero-order valence-corrected chi connectivity index (χ0v) is 16.8. The van der Waals surface area contributed by atoms with Crippen LogP contribution in [-0.2, 0) is 9.47 Å². The van der Waals surface area contributed by atoms with Gasteiger partial charge in [0.2, 0.25) is 5.95 Å². The molecule has 1 aliphatic heterocycles. The second-order valence-corrected chi connectivity index (χ2v) is 6.79. The molecule has 0 unspecified atom stereocenters. The molecule has 0 spiro atoms. The van der Waals surface area contributed by atoms with Crippen molar-refractivity contribution in [2.24, 2.45) is 0 Å². The van der Waals surface area contributed by atoms with Gasteiger partial charge in [0.15, 0.2) is 5.69 Å². The van der Waals surface area contributed by atoms with E-state index in [1.165, 1.54) is 13.2 Å². The number of carbonyl (C=O) groups is 1. The van der Waals surface area contributed by atoms with Crippen molar-refractivity contribution in [2.45, 2.75) is 0 Å². The van der Waals surface area contributed by atoms with Crippen LogP contribution in [0.2, 0.25) is 5.02 Å². The predicted molar refractivity (Wildman–Crippen MR) is 109 cm³/mol. The highest BCUT2D eigenvalue weighted by Crippen LogP contribution is 2.33. The Morgan fingerprint density at radius 1 is 1.10 bits per heavy atom. The van der Waals surface area contributed by atoms with E-state index in [0.29, 0.717) is 59.8 Å².